The lowest BCUT2D eigenvalue weighted by molar-refractivity contribution is -0.277. The predicted molar refractivity (Wildman–Crippen MR) is 118 cm³/mol. The highest BCUT2D eigenvalue weighted by Gasteiger charge is 2.45. The third-order valence-electron chi connectivity index (χ3n) is 5.32. The van der Waals surface area contributed by atoms with Gasteiger partial charge in [-0.2, -0.15) is 8.42 Å². The van der Waals surface area contributed by atoms with Gasteiger partial charge in [0.25, 0.3) is 0 Å². The number of aromatic hydroxyl groups is 2. The van der Waals surface area contributed by atoms with E-state index in [1.165, 1.54) is 12.1 Å². The predicted octanol–water partition coefficient (Wildman–Crippen LogP) is -0.769. The van der Waals surface area contributed by atoms with Crippen molar-refractivity contribution in [3.8, 4) is 34.3 Å². The maximum atomic E-state index is 12.6. The second kappa shape index (κ2) is 9.55. The van der Waals surface area contributed by atoms with Crippen molar-refractivity contribution in [2.75, 3.05) is 6.61 Å². The van der Waals surface area contributed by atoms with Gasteiger partial charge in [-0.15, -0.1) is 0 Å². The summed E-state index contributed by atoms with van der Waals surface area (Å²) in [5, 5.41) is 59.3. The van der Waals surface area contributed by atoms with Crippen molar-refractivity contribution < 1.29 is 61.7 Å². The molecule has 194 valence electrons. The van der Waals surface area contributed by atoms with Crippen LogP contribution in [0.25, 0.3) is 22.3 Å². The Bertz CT molecular complexity index is 1450. The second-order valence-electron chi connectivity index (χ2n) is 7.80. The molecule has 2 aromatic carbocycles. The fourth-order valence-electron chi connectivity index (χ4n) is 3.61. The van der Waals surface area contributed by atoms with Gasteiger partial charge in [-0.25, -0.2) is 0 Å². The van der Waals surface area contributed by atoms with Crippen molar-refractivity contribution in [3.63, 3.8) is 0 Å². The van der Waals surface area contributed by atoms with Crippen LogP contribution in [0.5, 0.6) is 23.0 Å². The van der Waals surface area contributed by atoms with Gasteiger partial charge in [0.05, 0.1) is 6.61 Å². The molecular weight excluding hydrogens is 508 g/mol. The topological polar surface area (TPSA) is 234 Å². The minimum atomic E-state index is -4.93. The maximum absolute atomic E-state index is 12.6. The van der Waals surface area contributed by atoms with Gasteiger partial charge in [-0.05, 0) is 18.2 Å². The van der Waals surface area contributed by atoms with Gasteiger partial charge in [0.2, 0.25) is 6.29 Å². The molecule has 1 aliphatic rings. The first-order valence-corrected chi connectivity index (χ1v) is 11.5. The van der Waals surface area contributed by atoms with Crippen molar-refractivity contribution in [3.05, 3.63) is 46.6 Å². The number of hydrogen-bond donors (Lipinski definition) is 7. The number of aliphatic hydroxyl groups is 4. The van der Waals surface area contributed by atoms with Gasteiger partial charge in [-0.3, -0.25) is 9.35 Å². The van der Waals surface area contributed by atoms with Crippen LogP contribution in [0.15, 0.2) is 45.6 Å². The summed E-state index contributed by atoms with van der Waals surface area (Å²) < 4.78 is 51.4. The molecule has 0 aliphatic carbocycles. The standard InChI is InChI=1S/C21H20O14S/c22-7-16-18(26)19(27)20(28)21(34-16)33-14-3-8(1-2-10(14)23)13-6-12(25)17-11(24)4-9(5-15(17)32-13)35-36(29,30)31/h1-6,16,18-24,26-28H,7H2,(H,29,30,31). The van der Waals surface area contributed by atoms with E-state index in [-0.39, 0.29) is 28.0 Å². The molecule has 36 heavy (non-hydrogen) atoms. The van der Waals surface area contributed by atoms with Crippen LogP contribution in [-0.4, -0.2) is 80.9 Å². The Balaban J connectivity index is 1.71. The zero-order chi connectivity index (χ0) is 26.4. The Labute approximate surface area is 201 Å². The zero-order valence-corrected chi connectivity index (χ0v) is 18.8. The van der Waals surface area contributed by atoms with Crippen LogP contribution in [0.1, 0.15) is 0 Å². The Hall–Kier alpha value is -3.44. The molecule has 5 atom stereocenters. The van der Waals surface area contributed by atoms with Crippen molar-refractivity contribution in [1.82, 2.24) is 0 Å². The summed E-state index contributed by atoms with van der Waals surface area (Å²) in [7, 11) is -4.93. The minimum Gasteiger partial charge on any atom is -0.507 e. The van der Waals surface area contributed by atoms with E-state index < -0.39 is 70.4 Å². The molecule has 1 saturated heterocycles. The molecule has 0 radical (unpaired) electrons. The number of phenols is 2. The molecule has 0 saturated carbocycles. The van der Waals surface area contributed by atoms with Gasteiger partial charge in [0.1, 0.15) is 46.9 Å². The fourth-order valence-corrected chi connectivity index (χ4v) is 3.95. The van der Waals surface area contributed by atoms with Crippen molar-refractivity contribution in [2.45, 2.75) is 30.7 Å². The quantitative estimate of drug-likeness (QED) is 0.195. The van der Waals surface area contributed by atoms with Crippen LogP contribution < -0.4 is 14.3 Å². The van der Waals surface area contributed by atoms with E-state index in [0.717, 1.165) is 24.3 Å². The van der Waals surface area contributed by atoms with E-state index in [4.69, 9.17) is 18.4 Å². The van der Waals surface area contributed by atoms with Crippen molar-refractivity contribution >= 4 is 21.4 Å². The van der Waals surface area contributed by atoms with E-state index in [9.17, 15) is 43.9 Å². The van der Waals surface area contributed by atoms with Crippen LogP contribution in [0.2, 0.25) is 0 Å². The summed E-state index contributed by atoms with van der Waals surface area (Å²) in [6.45, 7) is -0.699. The molecule has 4 rings (SSSR count). The molecule has 3 aromatic rings. The third kappa shape index (κ3) is 5.07. The lowest BCUT2D eigenvalue weighted by Gasteiger charge is -2.39. The van der Waals surface area contributed by atoms with E-state index in [2.05, 4.69) is 4.18 Å². The lowest BCUT2D eigenvalue weighted by atomic mass is 9.99. The van der Waals surface area contributed by atoms with Crippen LogP contribution in [-0.2, 0) is 15.1 Å². The second-order valence-corrected chi connectivity index (χ2v) is 8.82. The molecule has 7 N–H and O–H groups in total. The number of aliphatic hydroxyl groups excluding tert-OH is 4. The fraction of sp³-hybridized carbons (Fsp3) is 0.286. The highest BCUT2D eigenvalue weighted by Crippen LogP contribution is 2.36. The van der Waals surface area contributed by atoms with Crippen molar-refractivity contribution in [2.24, 2.45) is 0 Å². The lowest BCUT2D eigenvalue weighted by Crippen LogP contribution is -2.60. The summed E-state index contributed by atoms with van der Waals surface area (Å²) in [5.41, 5.74) is -0.903. The molecule has 0 spiro atoms. The molecule has 15 heteroatoms. The van der Waals surface area contributed by atoms with Crippen LogP contribution in [0.3, 0.4) is 0 Å². The van der Waals surface area contributed by atoms with Crippen molar-refractivity contribution in [1.29, 1.82) is 0 Å². The monoisotopic (exact) mass is 528 g/mol. The largest absolute Gasteiger partial charge is 0.507 e. The Morgan fingerprint density at radius 2 is 1.67 bits per heavy atom. The smallest absolute Gasteiger partial charge is 0.446 e. The third-order valence-corrected chi connectivity index (χ3v) is 5.72. The minimum absolute atomic E-state index is 0.130. The molecule has 1 fully saturated rings. The molecule has 5 unspecified atom stereocenters. The average molecular weight is 528 g/mol. The number of ether oxygens (including phenoxy) is 2. The summed E-state index contributed by atoms with van der Waals surface area (Å²) in [6.07, 6.45) is -7.97. The summed E-state index contributed by atoms with van der Waals surface area (Å²) >= 11 is 0. The van der Waals surface area contributed by atoms with Gasteiger partial charge < -0.3 is 48.7 Å². The highest BCUT2D eigenvalue weighted by molar-refractivity contribution is 7.81. The SMILES string of the molecule is O=c1cc(-c2ccc(O)c(OC3OC(CO)C(O)C(O)C3O)c2)oc2cc(OS(=O)(=O)O)cc(O)c12. The molecular formula is C21H20O14S. The summed E-state index contributed by atoms with van der Waals surface area (Å²) in [5.74, 6) is -2.09. The number of fused-ring (bicyclic) bond motifs is 1. The van der Waals surface area contributed by atoms with Gasteiger partial charge in [0, 0.05) is 23.8 Å². The van der Waals surface area contributed by atoms with Crippen LogP contribution >= 0.6 is 0 Å². The van der Waals surface area contributed by atoms with E-state index in [1.807, 2.05) is 0 Å². The van der Waals surface area contributed by atoms with Gasteiger partial charge in [-0.1, -0.05) is 0 Å². The Morgan fingerprint density at radius 1 is 0.944 bits per heavy atom. The molecule has 1 aliphatic heterocycles. The average Bonchev–Trinajstić information content (AvgIpc) is 2.79. The van der Waals surface area contributed by atoms with E-state index in [1.54, 1.807) is 0 Å². The Morgan fingerprint density at radius 3 is 2.33 bits per heavy atom. The molecule has 2 heterocycles. The number of hydrogen-bond acceptors (Lipinski definition) is 13. The number of phenolic OH excluding ortho intramolecular Hbond substituents is 2. The molecule has 0 amide bonds. The van der Waals surface area contributed by atoms with E-state index in [0.29, 0.717) is 0 Å². The van der Waals surface area contributed by atoms with E-state index >= 15 is 0 Å². The molecule has 14 nitrogen and oxygen atoms in total. The Kier molecular flexibility index (Phi) is 6.80. The van der Waals surface area contributed by atoms with Gasteiger partial charge in [0.15, 0.2) is 22.7 Å². The first kappa shape index (κ1) is 25.6. The maximum Gasteiger partial charge on any atom is 0.446 e. The highest BCUT2D eigenvalue weighted by atomic mass is 32.3. The summed E-state index contributed by atoms with van der Waals surface area (Å²) in [6, 6.07) is 6.38. The zero-order valence-electron chi connectivity index (χ0n) is 18.0. The first-order chi connectivity index (χ1) is 16.9. The first-order valence-electron chi connectivity index (χ1n) is 10.2. The summed E-state index contributed by atoms with van der Waals surface area (Å²) in [4.78, 5) is 12.6. The van der Waals surface area contributed by atoms with Crippen LogP contribution in [0.4, 0.5) is 0 Å². The number of benzene rings is 2. The van der Waals surface area contributed by atoms with Gasteiger partial charge >= 0.3 is 10.4 Å². The molecule has 0 bridgehead atoms. The molecule has 1 aromatic heterocycles. The van der Waals surface area contributed by atoms with Crippen LogP contribution in [0, 0.1) is 0 Å². The normalized spacial score (nSPS) is 24.5. The number of rotatable bonds is 6.